The SMILES string of the molecule is C=C(C)[C@@H]1CC[C@]2(NCCN3CCS(=O)(=O)CC3)CC[C@]3(C)[C@H](CC[C@]4(C)[C@@]5(C)CC=C(C6=CCC(COc7cc(C)sn7)(C(=O)O)CC6)C(C)(C)[C@]5(C)CC[C@]43C)[C@@]12C. The monoisotopic (exact) mass is 864 g/mol. The van der Waals surface area contributed by atoms with Gasteiger partial charge in [-0.15, -0.1) is 0 Å². The van der Waals surface area contributed by atoms with Crippen LogP contribution in [0.15, 0.2) is 41.5 Å². The Bertz CT molecular complexity index is 2080. The number of carboxylic acid groups (broad SMARTS) is 1. The lowest BCUT2D eigenvalue weighted by molar-refractivity contribution is -0.304. The highest BCUT2D eigenvalue weighted by molar-refractivity contribution is 7.91. The van der Waals surface area contributed by atoms with Crippen LogP contribution in [0, 0.1) is 62.1 Å². The Labute approximate surface area is 366 Å². The Morgan fingerprint density at radius 1 is 0.917 bits per heavy atom. The number of fused-ring (bicyclic) bond motifs is 7. The Morgan fingerprint density at radius 3 is 2.23 bits per heavy atom. The van der Waals surface area contributed by atoms with Crippen molar-refractivity contribution < 1.29 is 23.1 Å². The number of nitrogens with zero attached hydrogens (tertiary/aromatic N) is 2. The van der Waals surface area contributed by atoms with E-state index >= 15 is 0 Å². The van der Waals surface area contributed by atoms with Gasteiger partial charge in [0.15, 0.2) is 9.84 Å². The summed E-state index contributed by atoms with van der Waals surface area (Å²) < 4.78 is 34.7. The van der Waals surface area contributed by atoms with E-state index in [9.17, 15) is 18.3 Å². The highest BCUT2D eigenvalue weighted by Gasteiger charge is 2.78. The van der Waals surface area contributed by atoms with Crippen LogP contribution in [0.1, 0.15) is 144 Å². The van der Waals surface area contributed by atoms with Crippen molar-refractivity contribution in [3.05, 3.63) is 46.4 Å². The van der Waals surface area contributed by atoms with Crippen LogP contribution in [0.3, 0.4) is 0 Å². The molecule has 334 valence electrons. The zero-order valence-corrected chi connectivity index (χ0v) is 40.5. The van der Waals surface area contributed by atoms with Crippen LogP contribution in [-0.2, 0) is 14.6 Å². The summed E-state index contributed by atoms with van der Waals surface area (Å²) in [5.74, 6) is 1.38. The first-order valence-corrected chi connectivity index (χ1v) is 26.0. The van der Waals surface area contributed by atoms with Crippen molar-refractivity contribution in [1.29, 1.82) is 0 Å². The zero-order valence-electron chi connectivity index (χ0n) is 38.8. The van der Waals surface area contributed by atoms with Gasteiger partial charge in [0, 0.05) is 42.7 Å². The lowest BCUT2D eigenvalue weighted by Crippen LogP contribution is -2.75. The second kappa shape index (κ2) is 14.5. The van der Waals surface area contributed by atoms with Crippen molar-refractivity contribution in [3.8, 4) is 5.88 Å². The first-order chi connectivity index (χ1) is 27.9. The third kappa shape index (κ3) is 6.00. The third-order valence-electron chi connectivity index (χ3n) is 21.4. The maximum absolute atomic E-state index is 12.8. The van der Waals surface area contributed by atoms with Crippen LogP contribution in [0.25, 0.3) is 0 Å². The van der Waals surface area contributed by atoms with Crippen LogP contribution in [0.5, 0.6) is 5.88 Å². The van der Waals surface area contributed by atoms with Crippen LogP contribution >= 0.6 is 11.5 Å². The molecule has 0 spiro atoms. The van der Waals surface area contributed by atoms with Gasteiger partial charge in [-0.05, 0) is 163 Å². The average Bonchev–Trinajstić information content (AvgIpc) is 3.74. The van der Waals surface area contributed by atoms with E-state index in [0.717, 1.165) is 30.8 Å². The Morgan fingerprint density at radius 2 is 1.62 bits per heavy atom. The van der Waals surface area contributed by atoms with E-state index in [1.807, 2.05) is 13.0 Å². The predicted molar refractivity (Wildman–Crippen MR) is 244 cm³/mol. The summed E-state index contributed by atoms with van der Waals surface area (Å²) in [6, 6.07) is 1.89. The lowest BCUT2D eigenvalue weighted by Gasteiger charge is -2.80. The van der Waals surface area contributed by atoms with Gasteiger partial charge in [0.1, 0.15) is 12.0 Å². The van der Waals surface area contributed by atoms with Gasteiger partial charge < -0.3 is 20.1 Å². The molecule has 6 aliphatic carbocycles. The minimum Gasteiger partial charge on any atom is -0.481 e. The molecule has 60 heavy (non-hydrogen) atoms. The molecule has 0 bridgehead atoms. The number of carbonyl (C=O) groups is 1. The molecule has 0 amide bonds. The lowest BCUT2D eigenvalue weighted by atomic mass is 9.24. The molecule has 0 radical (unpaired) electrons. The van der Waals surface area contributed by atoms with E-state index in [-0.39, 0.29) is 61.6 Å². The number of carboxylic acids is 1. The average molecular weight is 864 g/mol. The normalized spacial score (nSPS) is 44.6. The van der Waals surface area contributed by atoms with E-state index in [2.05, 4.69) is 95.6 Å². The summed E-state index contributed by atoms with van der Waals surface area (Å²) in [6.45, 7) is 33.4. The fourth-order valence-corrected chi connectivity index (χ4v) is 18.3. The number of hydrogen-bond acceptors (Lipinski definition) is 8. The highest BCUT2D eigenvalue weighted by atomic mass is 32.2. The van der Waals surface area contributed by atoms with Crippen LogP contribution in [0.4, 0.5) is 0 Å². The van der Waals surface area contributed by atoms with Gasteiger partial charge in [0.2, 0.25) is 5.88 Å². The molecule has 1 saturated heterocycles. The largest absolute Gasteiger partial charge is 0.481 e. The molecule has 1 unspecified atom stereocenters. The van der Waals surface area contributed by atoms with Crippen molar-refractivity contribution in [3.63, 3.8) is 0 Å². The van der Waals surface area contributed by atoms with E-state index in [1.54, 1.807) is 0 Å². The van der Waals surface area contributed by atoms with Gasteiger partial charge in [-0.3, -0.25) is 4.79 Å². The van der Waals surface area contributed by atoms with Gasteiger partial charge in [-0.2, -0.15) is 4.37 Å². The van der Waals surface area contributed by atoms with Crippen LogP contribution in [0.2, 0.25) is 0 Å². The molecule has 8 nitrogen and oxygen atoms in total. The van der Waals surface area contributed by atoms with Gasteiger partial charge in [-0.25, -0.2) is 8.42 Å². The standard InChI is InChI=1S/C50H77N3O5S2/c1-34(2)37-15-21-50(51-26-27-53-28-30-60(56,57)31-29-53)25-22-43(6)39(48(37,50)11)16-18-47(10)45(43,8)24-23-44(7)42(4,5)38(14-17-46(44,47)9)36-12-19-49(20-13-36,41(54)55)33-58-40-32-35(3)59-52-40/h12,14,32,37,39,51H,1,13,15-31,33H2,2-11H3,(H,54,55)/t37-,39-,43+,44-,45-,46-,47-,48+,49?,50-/m0/s1. The zero-order chi connectivity index (χ0) is 43.6. The van der Waals surface area contributed by atoms with Crippen molar-refractivity contribution in [1.82, 2.24) is 14.6 Å². The fraction of sp³-hybridized carbons (Fsp3) is 0.800. The molecule has 4 saturated carbocycles. The summed E-state index contributed by atoms with van der Waals surface area (Å²) in [4.78, 5) is 16.2. The van der Waals surface area contributed by atoms with Crippen molar-refractivity contribution >= 4 is 27.3 Å². The Hall–Kier alpha value is -2.01. The second-order valence-corrected chi connectivity index (χ2v) is 26.4. The molecular formula is C50H77N3O5S2. The van der Waals surface area contributed by atoms with E-state index in [4.69, 9.17) is 4.74 Å². The van der Waals surface area contributed by atoms with Crippen LogP contribution in [-0.4, -0.2) is 78.6 Å². The molecule has 2 heterocycles. The molecule has 5 fully saturated rings. The minimum atomic E-state index is -2.89. The number of hydrogen-bond donors (Lipinski definition) is 2. The molecule has 10 heteroatoms. The molecule has 0 aromatic carbocycles. The predicted octanol–water partition coefficient (Wildman–Crippen LogP) is 10.4. The van der Waals surface area contributed by atoms with Crippen molar-refractivity contribution in [2.24, 2.45) is 55.2 Å². The molecule has 7 aliphatic rings. The van der Waals surface area contributed by atoms with Gasteiger partial charge in [0.05, 0.1) is 11.5 Å². The molecular weight excluding hydrogens is 787 g/mol. The second-order valence-electron chi connectivity index (χ2n) is 23.1. The third-order valence-corrected chi connectivity index (χ3v) is 23.6. The minimum absolute atomic E-state index is 0.0561. The summed E-state index contributed by atoms with van der Waals surface area (Å²) in [6.07, 6.45) is 17.4. The summed E-state index contributed by atoms with van der Waals surface area (Å²) in [5.41, 5.74) is 3.83. The number of aryl methyl sites for hydroxylation is 1. The summed E-state index contributed by atoms with van der Waals surface area (Å²) >= 11 is 1.39. The molecule has 10 atom stereocenters. The summed E-state index contributed by atoms with van der Waals surface area (Å²) in [7, 11) is -2.89. The smallest absolute Gasteiger partial charge is 0.313 e. The van der Waals surface area contributed by atoms with Crippen LogP contribution < -0.4 is 10.1 Å². The first kappa shape index (κ1) is 44.6. The topological polar surface area (TPSA) is 109 Å². The molecule has 2 N–H and O–H groups in total. The number of aliphatic carboxylic acids is 1. The molecule has 1 aliphatic heterocycles. The molecule has 8 rings (SSSR count). The number of aromatic nitrogens is 1. The quantitative estimate of drug-likeness (QED) is 0.224. The molecule has 1 aromatic heterocycles. The van der Waals surface area contributed by atoms with E-state index < -0.39 is 21.2 Å². The molecule has 1 aromatic rings. The van der Waals surface area contributed by atoms with Gasteiger partial charge in [-0.1, -0.05) is 79.7 Å². The number of allylic oxidation sites excluding steroid dienone is 5. The van der Waals surface area contributed by atoms with E-state index in [1.165, 1.54) is 79.6 Å². The summed E-state index contributed by atoms with van der Waals surface area (Å²) in [5, 5.41) is 14.8. The number of nitrogens with one attached hydrogen (secondary N) is 1. The fourth-order valence-electron chi connectivity index (χ4n) is 16.6. The maximum atomic E-state index is 12.8. The van der Waals surface area contributed by atoms with Crippen molar-refractivity contribution in [2.75, 3.05) is 44.3 Å². The maximum Gasteiger partial charge on any atom is 0.313 e. The van der Waals surface area contributed by atoms with Gasteiger partial charge in [0.25, 0.3) is 0 Å². The number of ether oxygens (including phenoxy) is 1. The number of rotatable bonds is 10. The Balaban J connectivity index is 1.07. The Kier molecular flexibility index (Phi) is 10.8. The van der Waals surface area contributed by atoms with Crippen molar-refractivity contribution in [2.45, 2.75) is 152 Å². The van der Waals surface area contributed by atoms with Gasteiger partial charge >= 0.3 is 5.97 Å². The first-order valence-electron chi connectivity index (χ1n) is 23.4. The highest BCUT2D eigenvalue weighted by Crippen LogP contribution is 2.85. The number of sulfone groups is 1. The van der Waals surface area contributed by atoms with E-state index in [0.29, 0.717) is 43.6 Å².